The Bertz CT molecular complexity index is 435. The van der Waals surface area contributed by atoms with Crippen molar-refractivity contribution in [2.45, 2.75) is 25.9 Å². The zero-order valence-electron chi connectivity index (χ0n) is 7.94. The van der Waals surface area contributed by atoms with Crippen LogP contribution in [0.25, 0.3) is 11.5 Å². The van der Waals surface area contributed by atoms with Gasteiger partial charge in [0.25, 0.3) is 0 Å². The van der Waals surface area contributed by atoms with Crippen molar-refractivity contribution in [1.29, 1.82) is 0 Å². The number of rotatable bonds is 1. The summed E-state index contributed by atoms with van der Waals surface area (Å²) in [6, 6.07) is 0.499. The fourth-order valence-corrected chi connectivity index (χ4v) is 1.84. The smallest absolute Gasteiger partial charge is 0.184 e. The van der Waals surface area contributed by atoms with E-state index in [9.17, 15) is 0 Å². The van der Waals surface area contributed by atoms with Gasteiger partial charge in [-0.1, -0.05) is 6.92 Å². The maximum absolute atomic E-state index is 4.23. The summed E-state index contributed by atoms with van der Waals surface area (Å²) in [5.41, 5.74) is 0.878. The number of fused-ring (bicyclic) bond motifs is 3. The molecule has 0 saturated carbocycles. The van der Waals surface area contributed by atoms with Gasteiger partial charge >= 0.3 is 0 Å². The van der Waals surface area contributed by atoms with Gasteiger partial charge in [0, 0.05) is 12.6 Å². The van der Waals surface area contributed by atoms with Crippen LogP contribution in [0, 0.1) is 0 Å². The van der Waals surface area contributed by atoms with Gasteiger partial charge in [0.05, 0.1) is 6.33 Å². The van der Waals surface area contributed by atoms with Crippen molar-refractivity contribution >= 4 is 5.82 Å². The Kier molecular flexibility index (Phi) is 1.47. The Morgan fingerprint density at radius 2 is 2.43 bits per heavy atom. The van der Waals surface area contributed by atoms with E-state index in [4.69, 9.17) is 0 Å². The maximum Gasteiger partial charge on any atom is 0.184 e. The van der Waals surface area contributed by atoms with Crippen molar-refractivity contribution in [3.05, 3.63) is 12.7 Å². The molecule has 0 aromatic carbocycles. The van der Waals surface area contributed by atoms with Gasteiger partial charge < -0.3 is 9.88 Å². The van der Waals surface area contributed by atoms with E-state index in [1.165, 1.54) is 0 Å². The molecule has 3 rings (SSSR count). The zero-order valence-corrected chi connectivity index (χ0v) is 7.94. The minimum absolute atomic E-state index is 0.499. The van der Waals surface area contributed by atoms with Crippen LogP contribution in [0.3, 0.4) is 0 Å². The number of hydrogen-bond donors (Lipinski definition) is 1. The lowest BCUT2D eigenvalue weighted by molar-refractivity contribution is 0.625. The van der Waals surface area contributed by atoms with Gasteiger partial charge in [-0.25, -0.2) is 15.0 Å². The summed E-state index contributed by atoms with van der Waals surface area (Å²) in [6.07, 6.45) is 4.49. The van der Waals surface area contributed by atoms with E-state index in [-0.39, 0.29) is 0 Å². The first kappa shape index (κ1) is 7.73. The number of aromatic nitrogens is 4. The van der Waals surface area contributed by atoms with Crippen LogP contribution in [0.2, 0.25) is 0 Å². The van der Waals surface area contributed by atoms with E-state index >= 15 is 0 Å². The molecule has 0 radical (unpaired) electrons. The third-order valence-electron chi connectivity index (χ3n) is 2.66. The molecule has 5 nitrogen and oxygen atoms in total. The van der Waals surface area contributed by atoms with Gasteiger partial charge in [-0.15, -0.1) is 0 Å². The molecule has 0 aromatic heterocycles. The van der Waals surface area contributed by atoms with Gasteiger partial charge in [0.2, 0.25) is 0 Å². The lowest BCUT2D eigenvalue weighted by Crippen LogP contribution is -2.13. The molecular weight excluding hydrogens is 178 g/mol. The monoisotopic (exact) mass is 189 g/mol. The molecule has 0 bridgehead atoms. The molecule has 0 amide bonds. The van der Waals surface area contributed by atoms with Crippen molar-refractivity contribution < 1.29 is 0 Å². The minimum atomic E-state index is 0.499. The summed E-state index contributed by atoms with van der Waals surface area (Å²) in [5.74, 6) is 1.78. The molecule has 5 heteroatoms. The Balaban J connectivity index is 2.13. The fraction of sp³-hybridized carbons (Fsp3) is 0.444. The van der Waals surface area contributed by atoms with Crippen molar-refractivity contribution in [1.82, 2.24) is 19.5 Å². The minimum Gasteiger partial charge on any atom is -0.365 e. The van der Waals surface area contributed by atoms with Crippen LogP contribution in [-0.4, -0.2) is 25.6 Å². The predicted molar refractivity (Wildman–Crippen MR) is 52.1 cm³/mol. The molecule has 1 unspecified atom stereocenters. The van der Waals surface area contributed by atoms with Gasteiger partial charge in [-0.05, 0) is 6.42 Å². The van der Waals surface area contributed by atoms with Crippen LogP contribution < -0.4 is 5.32 Å². The number of hydrogen-bond acceptors (Lipinski definition) is 4. The lowest BCUT2D eigenvalue weighted by atomic mass is 10.2. The summed E-state index contributed by atoms with van der Waals surface area (Å²) in [5, 5.41) is 3.43. The van der Waals surface area contributed by atoms with Crippen molar-refractivity contribution in [3.63, 3.8) is 0 Å². The van der Waals surface area contributed by atoms with Crippen LogP contribution in [0.15, 0.2) is 12.7 Å². The third kappa shape index (κ3) is 0.921. The third-order valence-corrected chi connectivity index (χ3v) is 2.66. The first-order chi connectivity index (χ1) is 6.88. The van der Waals surface area contributed by atoms with Gasteiger partial charge in [0.15, 0.2) is 5.82 Å². The quantitative estimate of drug-likeness (QED) is 0.726. The highest BCUT2D eigenvalue weighted by Crippen LogP contribution is 2.29. The first-order valence-corrected chi connectivity index (χ1v) is 4.81. The van der Waals surface area contributed by atoms with E-state index in [0.717, 1.165) is 30.3 Å². The molecular formula is C9H11N5. The van der Waals surface area contributed by atoms with E-state index in [0.29, 0.717) is 6.04 Å². The van der Waals surface area contributed by atoms with E-state index in [2.05, 4.69) is 31.8 Å². The molecule has 0 saturated heterocycles. The second-order valence-corrected chi connectivity index (χ2v) is 3.54. The lowest BCUT2D eigenvalue weighted by Gasteiger charge is -2.05. The van der Waals surface area contributed by atoms with E-state index < -0.39 is 0 Å². The van der Waals surface area contributed by atoms with Gasteiger partial charge in [-0.2, -0.15) is 0 Å². The summed E-state index contributed by atoms with van der Waals surface area (Å²) in [7, 11) is 0. The number of nitrogens with zero attached hydrogens (tertiary/aromatic N) is 4. The van der Waals surface area contributed by atoms with Crippen LogP contribution >= 0.6 is 0 Å². The summed E-state index contributed by atoms with van der Waals surface area (Å²) in [6.45, 7) is 3.15. The van der Waals surface area contributed by atoms with Gasteiger partial charge in [-0.3, -0.25) is 0 Å². The molecule has 0 aromatic rings. The van der Waals surface area contributed by atoms with Crippen LogP contribution in [0.1, 0.15) is 13.3 Å². The van der Waals surface area contributed by atoms with Gasteiger partial charge in [0.1, 0.15) is 17.8 Å². The number of anilines is 1. The Morgan fingerprint density at radius 1 is 1.50 bits per heavy atom. The normalized spacial score (nSPS) is 19.6. The topological polar surface area (TPSA) is 55.6 Å². The Labute approximate surface area is 81.5 Å². The summed E-state index contributed by atoms with van der Waals surface area (Å²) in [4.78, 5) is 12.5. The van der Waals surface area contributed by atoms with Crippen molar-refractivity contribution in [2.75, 3.05) is 5.32 Å². The Morgan fingerprint density at radius 3 is 3.29 bits per heavy atom. The number of nitrogens with one attached hydrogen (secondary N) is 1. The molecule has 3 aliphatic heterocycles. The SMILES string of the molecule is CCC1Cn2cnc3ncnc-3c2N1. The summed E-state index contributed by atoms with van der Waals surface area (Å²) >= 11 is 0. The molecule has 72 valence electrons. The molecule has 1 N–H and O–H groups in total. The molecule has 0 spiro atoms. The average molecular weight is 189 g/mol. The first-order valence-electron chi connectivity index (χ1n) is 4.81. The fourth-order valence-electron chi connectivity index (χ4n) is 1.84. The molecule has 3 heterocycles. The maximum atomic E-state index is 4.23. The standard InChI is InChI=1S/C9H11N5/c1-2-6-3-14-5-12-8-7(9(14)13-6)10-4-11-8/h4-6,13H,2-3H2,1H3. The van der Waals surface area contributed by atoms with Crippen LogP contribution in [0.4, 0.5) is 5.82 Å². The molecule has 0 fully saturated rings. The van der Waals surface area contributed by atoms with Crippen LogP contribution in [-0.2, 0) is 6.54 Å². The largest absolute Gasteiger partial charge is 0.365 e. The van der Waals surface area contributed by atoms with Crippen molar-refractivity contribution in [3.8, 4) is 11.5 Å². The highest BCUT2D eigenvalue weighted by Gasteiger charge is 2.24. The van der Waals surface area contributed by atoms with E-state index in [1.807, 2.05) is 6.33 Å². The van der Waals surface area contributed by atoms with Crippen molar-refractivity contribution in [2.24, 2.45) is 0 Å². The predicted octanol–water partition coefficient (Wildman–Crippen LogP) is 0.982. The van der Waals surface area contributed by atoms with Crippen LogP contribution in [0.5, 0.6) is 0 Å². The Hall–Kier alpha value is -1.65. The van der Waals surface area contributed by atoms with E-state index in [1.54, 1.807) is 6.33 Å². The second-order valence-electron chi connectivity index (χ2n) is 3.54. The second kappa shape index (κ2) is 2.67. The molecule has 3 aliphatic rings. The zero-order chi connectivity index (χ0) is 9.54. The average Bonchev–Trinajstić information content (AvgIpc) is 2.82. The highest BCUT2D eigenvalue weighted by atomic mass is 15.2. The summed E-state index contributed by atoms with van der Waals surface area (Å²) < 4.78 is 2.10. The molecule has 14 heavy (non-hydrogen) atoms. The molecule has 0 aliphatic carbocycles. The number of imidazole rings is 1. The highest BCUT2D eigenvalue weighted by molar-refractivity contribution is 5.68. The molecule has 1 atom stereocenters.